The van der Waals surface area contributed by atoms with E-state index in [9.17, 15) is 10.1 Å². The maximum Gasteiger partial charge on any atom is 0.324 e. The molecule has 1 rings (SSSR count). The summed E-state index contributed by atoms with van der Waals surface area (Å²) in [7, 11) is 4.22. The van der Waals surface area contributed by atoms with Crippen molar-refractivity contribution in [3.05, 3.63) is 27.1 Å². The Hall–Kier alpha value is -0.980. The normalized spacial score (nSPS) is 13.1. The summed E-state index contributed by atoms with van der Waals surface area (Å²) in [6.45, 7) is 6.06. The second kappa shape index (κ2) is 8.34. The summed E-state index contributed by atoms with van der Waals surface area (Å²) in [5, 5.41) is 14.3. The second-order valence-corrected chi connectivity index (χ2v) is 6.38. The molecule has 0 bridgehead atoms. The van der Waals surface area contributed by atoms with E-state index in [1.807, 2.05) is 6.07 Å². The lowest BCUT2D eigenvalue weighted by molar-refractivity contribution is -0.380. The zero-order valence-electron chi connectivity index (χ0n) is 12.8. The van der Waals surface area contributed by atoms with Crippen LogP contribution in [0.5, 0.6) is 0 Å². The van der Waals surface area contributed by atoms with Crippen molar-refractivity contribution in [3.63, 3.8) is 0 Å². The molecule has 0 fully saturated rings. The number of likely N-dealkylation sites (N-methyl/N-ethyl adjacent to an activating group) is 1. The minimum atomic E-state index is -0.332. The summed E-state index contributed by atoms with van der Waals surface area (Å²) in [6, 6.07) is 3.91. The SMILES string of the molecule is CCC(CC)C(CNCc1ccc([N+](=O)[O-])s1)N(C)C. The van der Waals surface area contributed by atoms with Gasteiger partial charge in [-0.15, -0.1) is 0 Å². The van der Waals surface area contributed by atoms with E-state index >= 15 is 0 Å². The highest BCUT2D eigenvalue weighted by Gasteiger charge is 2.20. The lowest BCUT2D eigenvalue weighted by Gasteiger charge is -2.31. The van der Waals surface area contributed by atoms with Crippen molar-refractivity contribution < 1.29 is 4.92 Å². The summed E-state index contributed by atoms with van der Waals surface area (Å²) in [5.41, 5.74) is 0. The van der Waals surface area contributed by atoms with Gasteiger partial charge in [0.05, 0.1) is 4.92 Å². The van der Waals surface area contributed by atoms with Gasteiger partial charge >= 0.3 is 5.00 Å². The molecule has 6 heteroatoms. The van der Waals surface area contributed by atoms with Crippen LogP contribution < -0.4 is 5.32 Å². The molecule has 114 valence electrons. The first-order chi connectivity index (χ1) is 9.49. The smallest absolute Gasteiger partial charge is 0.310 e. The molecule has 1 heterocycles. The average Bonchev–Trinajstić information content (AvgIpc) is 2.87. The third kappa shape index (κ3) is 4.85. The monoisotopic (exact) mass is 299 g/mol. The number of thiophene rings is 1. The Bertz CT molecular complexity index is 416. The molecule has 0 aliphatic heterocycles. The standard InChI is InChI=1S/C14H25N3O2S/c1-5-11(6-2)13(16(3)4)10-15-9-12-7-8-14(20-12)17(18)19/h7-8,11,13,15H,5-6,9-10H2,1-4H3. The molecule has 1 N–H and O–H groups in total. The van der Waals surface area contributed by atoms with Crippen molar-refractivity contribution in [3.8, 4) is 0 Å². The van der Waals surface area contributed by atoms with Crippen molar-refractivity contribution >= 4 is 16.3 Å². The van der Waals surface area contributed by atoms with Crippen LogP contribution in [0.15, 0.2) is 12.1 Å². The van der Waals surface area contributed by atoms with Crippen LogP contribution >= 0.6 is 11.3 Å². The number of nitrogens with one attached hydrogen (secondary N) is 1. The molecule has 0 saturated carbocycles. The molecule has 0 spiro atoms. The summed E-state index contributed by atoms with van der Waals surface area (Å²) < 4.78 is 0. The molecule has 1 unspecified atom stereocenters. The van der Waals surface area contributed by atoms with Gasteiger partial charge in [-0.25, -0.2) is 0 Å². The lowest BCUT2D eigenvalue weighted by Crippen LogP contribution is -2.42. The summed E-state index contributed by atoms with van der Waals surface area (Å²) in [6.07, 6.45) is 2.34. The number of nitro groups is 1. The fourth-order valence-electron chi connectivity index (χ4n) is 2.51. The van der Waals surface area contributed by atoms with Gasteiger partial charge in [0.2, 0.25) is 0 Å². The maximum atomic E-state index is 10.6. The molecule has 0 aliphatic carbocycles. The molecule has 0 amide bonds. The number of hydrogen-bond donors (Lipinski definition) is 1. The molecular formula is C14H25N3O2S. The number of nitrogens with zero attached hydrogens (tertiary/aromatic N) is 2. The van der Waals surface area contributed by atoms with E-state index in [4.69, 9.17) is 0 Å². The van der Waals surface area contributed by atoms with Gasteiger partial charge in [0.25, 0.3) is 0 Å². The van der Waals surface area contributed by atoms with Gasteiger partial charge < -0.3 is 10.2 Å². The lowest BCUT2D eigenvalue weighted by atomic mass is 9.93. The fourth-order valence-corrected chi connectivity index (χ4v) is 3.30. The molecule has 1 aromatic rings. The highest BCUT2D eigenvalue weighted by atomic mass is 32.1. The summed E-state index contributed by atoms with van der Waals surface area (Å²) >= 11 is 1.25. The largest absolute Gasteiger partial charge is 0.324 e. The highest BCUT2D eigenvalue weighted by molar-refractivity contribution is 7.15. The van der Waals surface area contributed by atoms with Crippen molar-refractivity contribution in [1.29, 1.82) is 0 Å². The van der Waals surface area contributed by atoms with Crippen LogP contribution in [0.25, 0.3) is 0 Å². The van der Waals surface area contributed by atoms with Crippen molar-refractivity contribution in [2.75, 3.05) is 20.6 Å². The van der Waals surface area contributed by atoms with Crippen molar-refractivity contribution in [1.82, 2.24) is 10.2 Å². The second-order valence-electron chi connectivity index (χ2n) is 5.24. The molecule has 0 saturated heterocycles. The predicted octanol–water partition coefficient (Wildman–Crippen LogP) is 3.11. The first-order valence-electron chi connectivity index (χ1n) is 7.09. The molecule has 1 aromatic heterocycles. The highest BCUT2D eigenvalue weighted by Crippen LogP contribution is 2.23. The first-order valence-corrected chi connectivity index (χ1v) is 7.91. The van der Waals surface area contributed by atoms with Crippen LogP contribution in [-0.2, 0) is 6.54 Å². The molecule has 0 radical (unpaired) electrons. The van der Waals surface area contributed by atoms with Crippen LogP contribution in [0.4, 0.5) is 5.00 Å². The molecule has 0 aromatic carbocycles. The average molecular weight is 299 g/mol. The number of rotatable bonds is 9. The van der Waals surface area contributed by atoms with Gasteiger partial charge in [0, 0.05) is 30.1 Å². The van der Waals surface area contributed by atoms with Crippen LogP contribution in [0.2, 0.25) is 0 Å². The Morgan fingerprint density at radius 2 is 2.00 bits per heavy atom. The number of hydrogen-bond acceptors (Lipinski definition) is 5. The van der Waals surface area contributed by atoms with Gasteiger partial charge in [-0.2, -0.15) is 0 Å². The minimum Gasteiger partial charge on any atom is -0.310 e. The molecule has 0 aliphatic rings. The summed E-state index contributed by atoms with van der Waals surface area (Å²) in [4.78, 5) is 13.6. The Kier molecular flexibility index (Phi) is 7.12. The minimum absolute atomic E-state index is 0.214. The molecule has 20 heavy (non-hydrogen) atoms. The van der Waals surface area contributed by atoms with Crippen molar-refractivity contribution in [2.24, 2.45) is 5.92 Å². The van der Waals surface area contributed by atoms with Gasteiger partial charge in [0.15, 0.2) is 0 Å². The maximum absolute atomic E-state index is 10.6. The molecule has 5 nitrogen and oxygen atoms in total. The van der Waals surface area contributed by atoms with E-state index in [2.05, 4.69) is 38.2 Å². The predicted molar refractivity (Wildman–Crippen MR) is 84.2 cm³/mol. The van der Waals surface area contributed by atoms with Gasteiger partial charge in [-0.1, -0.05) is 38.0 Å². The Morgan fingerprint density at radius 3 is 2.45 bits per heavy atom. The van der Waals surface area contributed by atoms with Crippen LogP contribution in [0.3, 0.4) is 0 Å². The van der Waals surface area contributed by atoms with Gasteiger partial charge in [-0.3, -0.25) is 10.1 Å². The van der Waals surface area contributed by atoms with Crippen LogP contribution in [0, 0.1) is 16.0 Å². The van der Waals surface area contributed by atoms with Gasteiger partial charge in [-0.05, 0) is 26.1 Å². The Balaban J connectivity index is 2.49. The fraction of sp³-hybridized carbons (Fsp3) is 0.714. The third-order valence-corrected chi connectivity index (χ3v) is 4.77. The van der Waals surface area contributed by atoms with E-state index in [0.29, 0.717) is 18.5 Å². The zero-order valence-corrected chi connectivity index (χ0v) is 13.6. The zero-order chi connectivity index (χ0) is 15.1. The Morgan fingerprint density at radius 1 is 1.35 bits per heavy atom. The Labute approximate surface area is 125 Å². The van der Waals surface area contributed by atoms with E-state index in [1.165, 1.54) is 24.2 Å². The van der Waals surface area contributed by atoms with Gasteiger partial charge in [0.1, 0.15) is 0 Å². The van der Waals surface area contributed by atoms with Crippen LogP contribution in [-0.4, -0.2) is 36.5 Å². The van der Waals surface area contributed by atoms with Crippen LogP contribution in [0.1, 0.15) is 31.6 Å². The topological polar surface area (TPSA) is 58.4 Å². The third-order valence-electron chi connectivity index (χ3n) is 3.74. The van der Waals surface area contributed by atoms with E-state index < -0.39 is 0 Å². The van der Waals surface area contributed by atoms with E-state index in [1.54, 1.807) is 6.07 Å². The first kappa shape index (κ1) is 17.1. The van der Waals surface area contributed by atoms with E-state index in [-0.39, 0.29) is 9.92 Å². The molecule has 1 atom stereocenters. The quantitative estimate of drug-likeness (QED) is 0.562. The molecular weight excluding hydrogens is 274 g/mol. The van der Waals surface area contributed by atoms with Crippen molar-refractivity contribution in [2.45, 2.75) is 39.3 Å². The van der Waals surface area contributed by atoms with E-state index in [0.717, 1.165) is 11.4 Å². The summed E-state index contributed by atoms with van der Waals surface area (Å²) in [5.74, 6) is 0.676.